The second kappa shape index (κ2) is 6.45. The third kappa shape index (κ3) is 2.66. The topological polar surface area (TPSA) is 12.9 Å². The minimum Gasteiger partial charge on any atom is -0.256 e. The normalized spacial score (nSPS) is 11.7. The maximum absolute atomic E-state index is 4.76. The summed E-state index contributed by atoms with van der Waals surface area (Å²) in [5, 5.41) is 7.68. The lowest BCUT2D eigenvalue weighted by Crippen LogP contribution is -1.91. The van der Waals surface area contributed by atoms with Crippen LogP contribution in [0, 0.1) is 6.92 Å². The lowest BCUT2D eigenvalue weighted by atomic mass is 9.93. The van der Waals surface area contributed by atoms with Gasteiger partial charge < -0.3 is 0 Å². The highest BCUT2D eigenvalue weighted by atomic mass is 14.7. The highest BCUT2D eigenvalue weighted by molar-refractivity contribution is 6.10. The molecule has 0 spiro atoms. The quantitative estimate of drug-likeness (QED) is 0.294. The molecule has 4 aromatic carbocycles. The minimum atomic E-state index is 0.525. The Hall–Kier alpha value is -3.19. The van der Waals surface area contributed by atoms with Crippen molar-refractivity contribution in [2.24, 2.45) is 0 Å². The molecule has 0 bridgehead atoms. The molecule has 0 saturated heterocycles. The summed E-state index contributed by atoms with van der Waals surface area (Å²) in [6.07, 6.45) is 1.93. The van der Waals surface area contributed by atoms with E-state index in [-0.39, 0.29) is 0 Å². The van der Waals surface area contributed by atoms with E-state index in [9.17, 15) is 0 Å². The van der Waals surface area contributed by atoms with Gasteiger partial charge in [0.05, 0.1) is 5.69 Å². The fourth-order valence-electron chi connectivity index (χ4n) is 4.29. The van der Waals surface area contributed by atoms with E-state index in [1.807, 2.05) is 6.20 Å². The van der Waals surface area contributed by atoms with Gasteiger partial charge in [-0.2, -0.15) is 0 Å². The van der Waals surface area contributed by atoms with Crippen molar-refractivity contribution in [3.63, 3.8) is 0 Å². The Morgan fingerprint density at radius 1 is 0.714 bits per heavy atom. The van der Waals surface area contributed by atoms with Crippen LogP contribution < -0.4 is 0 Å². The van der Waals surface area contributed by atoms with Gasteiger partial charge in [0.1, 0.15) is 0 Å². The summed E-state index contributed by atoms with van der Waals surface area (Å²) < 4.78 is 0. The number of fused-ring (bicyclic) bond motifs is 4. The average molecular weight is 361 g/mol. The molecule has 5 aromatic rings. The Balaban J connectivity index is 1.77. The second-order valence-corrected chi connectivity index (χ2v) is 7.97. The van der Waals surface area contributed by atoms with E-state index < -0.39 is 0 Å². The van der Waals surface area contributed by atoms with Crippen LogP contribution in [0.5, 0.6) is 0 Å². The third-order valence-corrected chi connectivity index (χ3v) is 5.77. The summed E-state index contributed by atoms with van der Waals surface area (Å²) in [5.41, 5.74) is 4.90. The van der Waals surface area contributed by atoms with Gasteiger partial charge in [0.15, 0.2) is 0 Å². The van der Waals surface area contributed by atoms with Crippen molar-refractivity contribution in [2.75, 3.05) is 0 Å². The Morgan fingerprint density at radius 3 is 2.39 bits per heavy atom. The third-order valence-electron chi connectivity index (χ3n) is 5.77. The fourth-order valence-corrected chi connectivity index (χ4v) is 4.29. The molecule has 1 aromatic heterocycles. The number of aryl methyl sites for hydroxylation is 1. The summed E-state index contributed by atoms with van der Waals surface area (Å²) in [6, 6.07) is 26.5. The van der Waals surface area contributed by atoms with E-state index in [1.54, 1.807) is 0 Å². The van der Waals surface area contributed by atoms with Crippen molar-refractivity contribution in [3.05, 3.63) is 90.1 Å². The summed E-state index contributed by atoms with van der Waals surface area (Å²) in [7, 11) is 0. The van der Waals surface area contributed by atoms with Gasteiger partial charge in [0.25, 0.3) is 0 Å². The molecule has 0 aliphatic rings. The zero-order valence-electron chi connectivity index (χ0n) is 16.5. The van der Waals surface area contributed by atoms with Crippen molar-refractivity contribution < 1.29 is 0 Å². The first-order valence-electron chi connectivity index (χ1n) is 9.93. The van der Waals surface area contributed by atoms with Crippen molar-refractivity contribution in [1.82, 2.24) is 4.98 Å². The van der Waals surface area contributed by atoms with E-state index >= 15 is 0 Å². The molecule has 0 N–H and O–H groups in total. The van der Waals surface area contributed by atoms with Crippen molar-refractivity contribution in [2.45, 2.75) is 26.7 Å². The predicted molar refractivity (Wildman–Crippen MR) is 121 cm³/mol. The van der Waals surface area contributed by atoms with Gasteiger partial charge >= 0.3 is 0 Å². The molecular formula is C27H23N. The van der Waals surface area contributed by atoms with Gasteiger partial charge in [-0.15, -0.1) is 0 Å². The number of hydrogen-bond donors (Lipinski definition) is 0. The van der Waals surface area contributed by atoms with Gasteiger partial charge in [-0.3, -0.25) is 4.98 Å². The molecular weight excluding hydrogens is 338 g/mol. The van der Waals surface area contributed by atoms with E-state index in [1.165, 1.54) is 49.0 Å². The Labute approximate surface area is 165 Å². The smallest absolute Gasteiger partial charge is 0.0780 e. The standard InChI is InChI=1S/C27H23N/c1-17(2)20-10-11-25-21(15-20)12-13-28-27(25)23-14-18(3)26-22(16-23)9-8-19-6-4-5-7-24(19)26/h4-17H,1-3H3. The molecule has 28 heavy (non-hydrogen) atoms. The first kappa shape index (κ1) is 16.9. The zero-order chi connectivity index (χ0) is 19.3. The van der Waals surface area contributed by atoms with Crippen LogP contribution in [0.2, 0.25) is 0 Å². The molecule has 0 amide bonds. The Morgan fingerprint density at radius 2 is 1.54 bits per heavy atom. The van der Waals surface area contributed by atoms with Crippen molar-refractivity contribution in [1.29, 1.82) is 0 Å². The number of pyridine rings is 1. The molecule has 5 rings (SSSR count). The first-order valence-corrected chi connectivity index (χ1v) is 9.93. The van der Waals surface area contributed by atoms with Crippen LogP contribution in [0.1, 0.15) is 30.9 Å². The van der Waals surface area contributed by atoms with E-state index in [0.717, 1.165) is 5.69 Å². The SMILES string of the molecule is Cc1cc(-c2nccc3cc(C(C)C)ccc23)cc2ccc3ccccc3c12. The largest absolute Gasteiger partial charge is 0.256 e. The van der Waals surface area contributed by atoms with Gasteiger partial charge in [-0.25, -0.2) is 0 Å². The second-order valence-electron chi connectivity index (χ2n) is 7.97. The molecule has 0 saturated carbocycles. The molecule has 0 unspecified atom stereocenters. The number of nitrogens with zero attached hydrogens (tertiary/aromatic N) is 1. The van der Waals surface area contributed by atoms with Crippen LogP contribution in [-0.2, 0) is 0 Å². The molecule has 1 heteroatoms. The number of benzene rings is 4. The van der Waals surface area contributed by atoms with Gasteiger partial charge in [0.2, 0.25) is 0 Å². The molecule has 1 nitrogen and oxygen atoms in total. The molecule has 0 aliphatic carbocycles. The number of rotatable bonds is 2. The fraction of sp³-hybridized carbons (Fsp3) is 0.148. The average Bonchev–Trinajstić information content (AvgIpc) is 2.72. The van der Waals surface area contributed by atoms with E-state index in [2.05, 4.69) is 93.6 Å². The lowest BCUT2D eigenvalue weighted by molar-refractivity contribution is 0.869. The van der Waals surface area contributed by atoms with Crippen molar-refractivity contribution in [3.8, 4) is 11.3 Å². The molecule has 0 fully saturated rings. The summed E-state index contributed by atoms with van der Waals surface area (Å²) in [6.45, 7) is 6.68. The van der Waals surface area contributed by atoms with E-state index in [4.69, 9.17) is 4.98 Å². The molecule has 0 atom stereocenters. The maximum Gasteiger partial charge on any atom is 0.0780 e. The minimum absolute atomic E-state index is 0.525. The molecule has 1 heterocycles. The summed E-state index contributed by atoms with van der Waals surface area (Å²) in [4.78, 5) is 4.76. The van der Waals surface area contributed by atoms with Gasteiger partial charge in [-0.05, 0) is 69.1 Å². The summed E-state index contributed by atoms with van der Waals surface area (Å²) >= 11 is 0. The summed E-state index contributed by atoms with van der Waals surface area (Å²) in [5.74, 6) is 0.525. The predicted octanol–water partition coefficient (Wildman–Crippen LogP) is 7.64. The molecule has 136 valence electrons. The van der Waals surface area contributed by atoms with Crippen LogP contribution in [0.3, 0.4) is 0 Å². The highest BCUT2D eigenvalue weighted by Gasteiger charge is 2.11. The number of hydrogen-bond acceptors (Lipinski definition) is 1. The highest BCUT2D eigenvalue weighted by Crippen LogP contribution is 2.35. The van der Waals surface area contributed by atoms with Crippen LogP contribution >= 0.6 is 0 Å². The zero-order valence-corrected chi connectivity index (χ0v) is 16.5. The first-order chi connectivity index (χ1) is 13.6. The van der Waals surface area contributed by atoms with Crippen LogP contribution in [0.15, 0.2) is 79.0 Å². The lowest BCUT2D eigenvalue weighted by Gasteiger charge is -2.13. The molecule has 0 radical (unpaired) electrons. The molecule has 0 aliphatic heterocycles. The monoisotopic (exact) mass is 361 g/mol. The number of aromatic nitrogens is 1. The van der Waals surface area contributed by atoms with Gasteiger partial charge in [-0.1, -0.05) is 68.4 Å². The van der Waals surface area contributed by atoms with Crippen LogP contribution in [0.25, 0.3) is 43.6 Å². The maximum atomic E-state index is 4.76. The van der Waals surface area contributed by atoms with Crippen molar-refractivity contribution >= 4 is 32.3 Å². The van der Waals surface area contributed by atoms with Crippen LogP contribution in [0.4, 0.5) is 0 Å². The Bertz CT molecular complexity index is 1350. The van der Waals surface area contributed by atoms with Crippen LogP contribution in [-0.4, -0.2) is 4.98 Å². The van der Waals surface area contributed by atoms with E-state index in [0.29, 0.717) is 5.92 Å². The van der Waals surface area contributed by atoms with Gasteiger partial charge in [0, 0.05) is 17.1 Å². The Kier molecular flexibility index (Phi) is 3.91.